The SMILES string of the molecule is Cc1cc(C)n(-c2cccc(NC(=O)N3CCc4sccc4C3)c2)n1. The van der Waals surface area contributed by atoms with Gasteiger partial charge in [0.2, 0.25) is 0 Å². The lowest BCUT2D eigenvalue weighted by molar-refractivity contribution is 0.207. The monoisotopic (exact) mass is 352 g/mol. The fraction of sp³-hybridized carbons (Fsp3) is 0.263. The first kappa shape index (κ1) is 15.9. The number of hydrogen-bond acceptors (Lipinski definition) is 3. The van der Waals surface area contributed by atoms with Gasteiger partial charge in [-0.2, -0.15) is 5.10 Å². The van der Waals surface area contributed by atoms with Crippen LogP contribution in [0.3, 0.4) is 0 Å². The van der Waals surface area contributed by atoms with E-state index in [0.29, 0.717) is 6.54 Å². The molecule has 0 unspecified atom stereocenters. The van der Waals surface area contributed by atoms with Gasteiger partial charge >= 0.3 is 6.03 Å². The van der Waals surface area contributed by atoms with Crippen LogP contribution in [0.2, 0.25) is 0 Å². The number of rotatable bonds is 2. The van der Waals surface area contributed by atoms with Crippen molar-refractivity contribution in [1.29, 1.82) is 0 Å². The second kappa shape index (κ2) is 6.37. The lowest BCUT2D eigenvalue weighted by Gasteiger charge is -2.27. The van der Waals surface area contributed by atoms with Gasteiger partial charge in [-0.25, -0.2) is 9.48 Å². The van der Waals surface area contributed by atoms with Crippen LogP contribution < -0.4 is 5.32 Å². The molecule has 0 spiro atoms. The number of fused-ring (bicyclic) bond motifs is 1. The van der Waals surface area contributed by atoms with Crippen LogP contribution in [0.15, 0.2) is 41.8 Å². The van der Waals surface area contributed by atoms with Gasteiger partial charge in [-0.3, -0.25) is 0 Å². The Bertz CT molecular complexity index is 927. The summed E-state index contributed by atoms with van der Waals surface area (Å²) < 4.78 is 1.89. The fourth-order valence-corrected chi connectivity index (χ4v) is 4.12. The van der Waals surface area contributed by atoms with Crippen molar-refractivity contribution >= 4 is 23.1 Å². The average Bonchev–Trinajstić information content (AvgIpc) is 3.20. The highest BCUT2D eigenvalue weighted by Crippen LogP contribution is 2.25. The second-order valence-electron chi connectivity index (χ2n) is 6.36. The number of aryl methyl sites for hydroxylation is 2. The van der Waals surface area contributed by atoms with E-state index in [1.54, 1.807) is 11.3 Å². The number of nitrogens with zero attached hydrogens (tertiary/aromatic N) is 3. The molecule has 0 saturated carbocycles. The molecule has 1 aromatic carbocycles. The van der Waals surface area contributed by atoms with Crippen LogP contribution >= 0.6 is 11.3 Å². The van der Waals surface area contributed by atoms with Gasteiger partial charge < -0.3 is 10.2 Å². The molecule has 4 rings (SSSR count). The minimum absolute atomic E-state index is 0.0534. The summed E-state index contributed by atoms with van der Waals surface area (Å²) >= 11 is 1.78. The van der Waals surface area contributed by atoms with Crippen molar-refractivity contribution in [2.45, 2.75) is 26.8 Å². The second-order valence-corrected chi connectivity index (χ2v) is 7.36. The molecule has 2 aromatic heterocycles. The predicted molar refractivity (Wildman–Crippen MR) is 100 cm³/mol. The number of carbonyl (C=O) groups excluding carboxylic acids is 1. The van der Waals surface area contributed by atoms with Crippen molar-refractivity contribution in [3.05, 3.63) is 63.6 Å². The van der Waals surface area contributed by atoms with Crippen LogP contribution in [0, 0.1) is 13.8 Å². The average molecular weight is 352 g/mol. The Labute approximate surface area is 150 Å². The lowest BCUT2D eigenvalue weighted by Crippen LogP contribution is -2.38. The summed E-state index contributed by atoms with van der Waals surface area (Å²) in [5, 5.41) is 9.63. The topological polar surface area (TPSA) is 50.2 Å². The number of aromatic nitrogens is 2. The van der Waals surface area contributed by atoms with Gasteiger partial charge in [0.1, 0.15) is 0 Å². The summed E-state index contributed by atoms with van der Waals surface area (Å²) in [7, 11) is 0. The Kier molecular flexibility index (Phi) is 4.05. The molecule has 1 aliphatic heterocycles. The predicted octanol–water partition coefficient (Wildman–Crippen LogP) is 4.14. The highest BCUT2D eigenvalue weighted by Gasteiger charge is 2.21. The maximum absolute atomic E-state index is 12.6. The molecule has 2 amide bonds. The third-order valence-corrected chi connectivity index (χ3v) is 5.47. The maximum Gasteiger partial charge on any atom is 0.322 e. The molecule has 25 heavy (non-hydrogen) atoms. The molecular weight excluding hydrogens is 332 g/mol. The first-order chi connectivity index (χ1) is 12.1. The molecule has 6 heteroatoms. The van der Waals surface area contributed by atoms with E-state index in [2.05, 4.69) is 21.9 Å². The number of urea groups is 1. The molecular formula is C19H20N4OS. The van der Waals surface area contributed by atoms with Crippen molar-refractivity contribution in [2.24, 2.45) is 0 Å². The van der Waals surface area contributed by atoms with E-state index < -0.39 is 0 Å². The number of thiophene rings is 1. The summed E-state index contributed by atoms with van der Waals surface area (Å²) in [5.74, 6) is 0. The molecule has 128 valence electrons. The van der Waals surface area contributed by atoms with E-state index in [1.165, 1.54) is 10.4 Å². The molecule has 3 aromatic rings. The summed E-state index contributed by atoms with van der Waals surface area (Å²) in [6.45, 7) is 5.44. The molecule has 1 aliphatic rings. The zero-order valence-electron chi connectivity index (χ0n) is 14.3. The minimum atomic E-state index is -0.0534. The maximum atomic E-state index is 12.6. The summed E-state index contributed by atoms with van der Waals surface area (Å²) in [6.07, 6.45) is 0.937. The normalized spacial score (nSPS) is 13.6. The smallest absolute Gasteiger partial charge is 0.320 e. The Hall–Kier alpha value is -2.60. The van der Waals surface area contributed by atoms with Gasteiger partial charge in [0, 0.05) is 29.3 Å². The quantitative estimate of drug-likeness (QED) is 0.753. The van der Waals surface area contributed by atoms with Crippen LogP contribution in [-0.2, 0) is 13.0 Å². The van der Waals surface area contributed by atoms with E-state index in [0.717, 1.165) is 35.7 Å². The number of hydrogen-bond donors (Lipinski definition) is 1. The van der Waals surface area contributed by atoms with E-state index in [-0.39, 0.29) is 6.03 Å². The highest BCUT2D eigenvalue weighted by atomic mass is 32.1. The minimum Gasteiger partial charge on any atom is -0.320 e. The zero-order valence-corrected chi connectivity index (χ0v) is 15.1. The third-order valence-electron chi connectivity index (χ3n) is 4.45. The summed E-state index contributed by atoms with van der Waals surface area (Å²) in [6, 6.07) is 11.9. The van der Waals surface area contributed by atoms with Crippen molar-refractivity contribution in [2.75, 3.05) is 11.9 Å². The molecule has 0 radical (unpaired) electrons. The fourth-order valence-electron chi connectivity index (χ4n) is 3.23. The van der Waals surface area contributed by atoms with Crippen molar-refractivity contribution in [1.82, 2.24) is 14.7 Å². The van der Waals surface area contributed by atoms with Crippen LogP contribution in [0.4, 0.5) is 10.5 Å². The summed E-state index contributed by atoms with van der Waals surface area (Å²) in [5.41, 5.74) is 5.05. The van der Waals surface area contributed by atoms with Crippen LogP contribution in [0.1, 0.15) is 21.8 Å². The zero-order chi connectivity index (χ0) is 17.4. The van der Waals surface area contributed by atoms with Crippen molar-refractivity contribution < 1.29 is 4.79 Å². The van der Waals surface area contributed by atoms with E-state index in [1.807, 2.05) is 53.8 Å². The molecule has 3 heterocycles. The van der Waals surface area contributed by atoms with E-state index in [9.17, 15) is 4.79 Å². The van der Waals surface area contributed by atoms with Crippen LogP contribution in [-0.4, -0.2) is 27.3 Å². The van der Waals surface area contributed by atoms with Gasteiger partial charge in [0.25, 0.3) is 0 Å². The summed E-state index contributed by atoms with van der Waals surface area (Å²) in [4.78, 5) is 15.9. The Morgan fingerprint density at radius 2 is 2.12 bits per heavy atom. The Morgan fingerprint density at radius 3 is 2.92 bits per heavy atom. The third kappa shape index (κ3) is 3.17. The molecule has 0 bridgehead atoms. The largest absolute Gasteiger partial charge is 0.322 e. The van der Waals surface area contributed by atoms with Crippen molar-refractivity contribution in [3.8, 4) is 5.69 Å². The molecule has 0 saturated heterocycles. The first-order valence-corrected chi connectivity index (χ1v) is 9.23. The van der Waals surface area contributed by atoms with E-state index >= 15 is 0 Å². The standard InChI is InChI=1S/C19H20N4OS/c1-13-10-14(2)23(21-13)17-5-3-4-16(11-17)20-19(24)22-8-6-18-15(12-22)7-9-25-18/h3-5,7,9-11H,6,8,12H2,1-2H3,(H,20,24). The van der Waals surface area contributed by atoms with Gasteiger partial charge in [0.05, 0.1) is 11.4 Å². The molecule has 5 nitrogen and oxygen atoms in total. The number of anilines is 1. The number of benzene rings is 1. The van der Waals surface area contributed by atoms with E-state index in [4.69, 9.17) is 0 Å². The van der Waals surface area contributed by atoms with Gasteiger partial charge in [-0.1, -0.05) is 6.07 Å². The van der Waals surface area contributed by atoms with Crippen molar-refractivity contribution in [3.63, 3.8) is 0 Å². The number of amides is 2. The Balaban J connectivity index is 1.51. The molecule has 0 atom stereocenters. The van der Waals surface area contributed by atoms with Gasteiger partial charge in [-0.15, -0.1) is 11.3 Å². The van der Waals surface area contributed by atoms with Crippen LogP contribution in [0.25, 0.3) is 5.69 Å². The number of carbonyl (C=O) groups is 1. The van der Waals surface area contributed by atoms with Gasteiger partial charge in [0.15, 0.2) is 0 Å². The first-order valence-electron chi connectivity index (χ1n) is 8.35. The molecule has 0 aliphatic carbocycles. The molecule has 1 N–H and O–H groups in total. The molecule has 0 fully saturated rings. The van der Waals surface area contributed by atoms with Gasteiger partial charge in [-0.05, 0) is 61.5 Å². The Morgan fingerprint density at radius 1 is 1.24 bits per heavy atom. The highest BCUT2D eigenvalue weighted by molar-refractivity contribution is 7.10. The number of nitrogens with one attached hydrogen (secondary N) is 1. The lowest BCUT2D eigenvalue weighted by atomic mass is 10.1. The van der Waals surface area contributed by atoms with Crippen LogP contribution in [0.5, 0.6) is 0 Å².